The fourth-order valence-electron chi connectivity index (χ4n) is 2.36. The lowest BCUT2D eigenvalue weighted by atomic mass is 10.2. The smallest absolute Gasteiger partial charge is 0.241 e. The Morgan fingerprint density at radius 1 is 1.19 bits per heavy atom. The summed E-state index contributed by atoms with van der Waals surface area (Å²) >= 11 is 3.31. The van der Waals surface area contributed by atoms with E-state index in [2.05, 4.69) is 21.2 Å². The Morgan fingerprint density at radius 3 is 2.58 bits per heavy atom. The first kappa shape index (κ1) is 20.3. The largest absolute Gasteiger partial charge is 0.494 e. The quantitative estimate of drug-likeness (QED) is 0.684. The minimum absolute atomic E-state index is 0.255. The van der Waals surface area contributed by atoms with Gasteiger partial charge in [0, 0.05) is 16.6 Å². The third-order valence-electron chi connectivity index (χ3n) is 3.53. The van der Waals surface area contributed by atoms with Gasteiger partial charge in [-0.2, -0.15) is 0 Å². The van der Waals surface area contributed by atoms with Crippen LogP contribution in [-0.2, 0) is 21.4 Å². The average molecular weight is 441 g/mol. The molecule has 2 rings (SSSR count). The number of para-hydroxylation sites is 1. The molecule has 2 aromatic carbocycles. The number of amides is 1. The van der Waals surface area contributed by atoms with Crippen LogP contribution in [0, 0.1) is 0 Å². The van der Waals surface area contributed by atoms with Gasteiger partial charge in [-0.1, -0.05) is 40.2 Å². The Morgan fingerprint density at radius 2 is 1.92 bits per heavy atom. The highest BCUT2D eigenvalue weighted by Crippen LogP contribution is 2.22. The Bertz CT molecular complexity index is 871. The molecule has 26 heavy (non-hydrogen) atoms. The van der Waals surface area contributed by atoms with Gasteiger partial charge in [0.05, 0.1) is 18.6 Å². The van der Waals surface area contributed by atoms with Crippen LogP contribution in [0.2, 0.25) is 0 Å². The third kappa shape index (κ3) is 5.74. The second-order valence-electron chi connectivity index (χ2n) is 5.57. The molecule has 0 aliphatic heterocycles. The van der Waals surface area contributed by atoms with Crippen LogP contribution in [0.4, 0.5) is 5.69 Å². The van der Waals surface area contributed by atoms with Crippen molar-refractivity contribution in [2.45, 2.75) is 13.5 Å². The number of hydrogen-bond donors (Lipinski definition) is 1. The van der Waals surface area contributed by atoms with Gasteiger partial charge >= 0.3 is 0 Å². The zero-order valence-electron chi connectivity index (χ0n) is 14.6. The molecule has 0 saturated heterocycles. The predicted molar refractivity (Wildman–Crippen MR) is 106 cm³/mol. The zero-order valence-corrected chi connectivity index (χ0v) is 17.0. The summed E-state index contributed by atoms with van der Waals surface area (Å²) in [7, 11) is -3.60. The molecule has 6 nitrogen and oxygen atoms in total. The number of rotatable bonds is 8. The minimum atomic E-state index is -3.60. The Labute approximate surface area is 162 Å². The van der Waals surface area contributed by atoms with Crippen molar-refractivity contribution in [3.63, 3.8) is 0 Å². The minimum Gasteiger partial charge on any atom is -0.494 e. The fourth-order valence-corrected chi connectivity index (χ4v) is 3.59. The third-order valence-corrected chi connectivity index (χ3v) is 5.17. The number of ether oxygens (including phenoxy) is 1. The van der Waals surface area contributed by atoms with Gasteiger partial charge in [0.25, 0.3) is 0 Å². The predicted octanol–water partition coefficient (Wildman–Crippen LogP) is 2.93. The van der Waals surface area contributed by atoms with Gasteiger partial charge in [-0.15, -0.1) is 0 Å². The van der Waals surface area contributed by atoms with E-state index in [-0.39, 0.29) is 13.1 Å². The number of benzene rings is 2. The molecule has 0 atom stereocenters. The summed E-state index contributed by atoms with van der Waals surface area (Å²) in [4.78, 5) is 12.3. The van der Waals surface area contributed by atoms with Crippen LogP contribution in [0.15, 0.2) is 53.0 Å². The van der Waals surface area contributed by atoms with E-state index in [0.29, 0.717) is 18.0 Å². The standard InChI is InChI=1S/C18H21BrN2O4S/c1-3-25-17-10-5-4-7-14(17)12-20-18(22)13-21(26(2,23)24)16-9-6-8-15(19)11-16/h4-11H,3,12-13H2,1-2H3,(H,20,22). The number of hydrogen-bond acceptors (Lipinski definition) is 4. The van der Waals surface area contributed by atoms with Crippen LogP contribution in [0.25, 0.3) is 0 Å². The molecule has 0 fully saturated rings. The SMILES string of the molecule is CCOc1ccccc1CNC(=O)CN(c1cccc(Br)c1)S(C)(=O)=O. The van der Waals surface area contributed by atoms with Crippen LogP contribution in [0.3, 0.4) is 0 Å². The maximum atomic E-state index is 12.3. The van der Waals surface area contributed by atoms with E-state index in [0.717, 1.165) is 20.6 Å². The molecular weight excluding hydrogens is 420 g/mol. The Kier molecular flexibility index (Phi) is 7.05. The summed E-state index contributed by atoms with van der Waals surface area (Å²) in [6.07, 6.45) is 1.07. The molecule has 0 aliphatic carbocycles. The lowest BCUT2D eigenvalue weighted by molar-refractivity contribution is -0.119. The zero-order chi connectivity index (χ0) is 19.2. The molecule has 1 amide bonds. The van der Waals surface area contributed by atoms with Crippen molar-refractivity contribution in [2.75, 3.05) is 23.7 Å². The van der Waals surface area contributed by atoms with E-state index in [1.807, 2.05) is 31.2 Å². The van der Waals surface area contributed by atoms with Crippen LogP contribution in [0.1, 0.15) is 12.5 Å². The number of anilines is 1. The van der Waals surface area contributed by atoms with E-state index in [9.17, 15) is 13.2 Å². The van der Waals surface area contributed by atoms with Crippen molar-refractivity contribution in [1.29, 1.82) is 0 Å². The number of halogens is 1. The lowest BCUT2D eigenvalue weighted by Crippen LogP contribution is -2.40. The maximum Gasteiger partial charge on any atom is 0.241 e. The Balaban J connectivity index is 2.09. The van der Waals surface area contributed by atoms with Gasteiger partial charge in [-0.3, -0.25) is 9.10 Å². The molecule has 0 radical (unpaired) electrons. The molecule has 1 N–H and O–H groups in total. The van der Waals surface area contributed by atoms with E-state index in [1.54, 1.807) is 24.3 Å². The first-order chi connectivity index (χ1) is 12.3. The van der Waals surface area contributed by atoms with Crippen molar-refractivity contribution < 1.29 is 17.9 Å². The molecule has 0 spiro atoms. The van der Waals surface area contributed by atoms with Crippen LogP contribution in [0.5, 0.6) is 5.75 Å². The molecule has 0 bridgehead atoms. The van der Waals surface area contributed by atoms with Gasteiger partial charge in [-0.05, 0) is 31.2 Å². The van der Waals surface area contributed by atoms with Gasteiger partial charge in [0.15, 0.2) is 0 Å². The van der Waals surface area contributed by atoms with Crippen molar-refractivity contribution in [1.82, 2.24) is 5.32 Å². The number of nitrogens with zero attached hydrogens (tertiary/aromatic N) is 1. The Hall–Kier alpha value is -2.06. The van der Waals surface area contributed by atoms with E-state index < -0.39 is 15.9 Å². The monoisotopic (exact) mass is 440 g/mol. The van der Waals surface area contributed by atoms with Crippen molar-refractivity contribution in [3.8, 4) is 5.75 Å². The summed E-state index contributed by atoms with van der Waals surface area (Å²) in [6, 6.07) is 14.2. The van der Waals surface area contributed by atoms with Crippen LogP contribution in [-0.4, -0.2) is 33.7 Å². The van der Waals surface area contributed by atoms with Gasteiger partial charge in [0.1, 0.15) is 12.3 Å². The molecule has 0 heterocycles. The molecule has 0 saturated carbocycles. The first-order valence-corrected chi connectivity index (χ1v) is 10.7. The molecule has 0 aromatic heterocycles. The maximum absolute atomic E-state index is 12.3. The number of carbonyl (C=O) groups is 1. The van der Waals surface area contributed by atoms with Crippen molar-refractivity contribution in [3.05, 3.63) is 58.6 Å². The highest BCUT2D eigenvalue weighted by molar-refractivity contribution is 9.10. The van der Waals surface area contributed by atoms with Gasteiger partial charge in [0.2, 0.25) is 15.9 Å². The number of sulfonamides is 1. The van der Waals surface area contributed by atoms with E-state index in [4.69, 9.17) is 4.74 Å². The highest BCUT2D eigenvalue weighted by Gasteiger charge is 2.21. The first-order valence-electron chi connectivity index (χ1n) is 8.02. The molecule has 8 heteroatoms. The topological polar surface area (TPSA) is 75.7 Å². The second kappa shape index (κ2) is 9.05. The van der Waals surface area contributed by atoms with Crippen molar-refractivity contribution >= 4 is 37.5 Å². The summed E-state index contributed by atoms with van der Waals surface area (Å²) < 4.78 is 31.5. The van der Waals surface area contributed by atoms with Crippen molar-refractivity contribution in [2.24, 2.45) is 0 Å². The second-order valence-corrected chi connectivity index (χ2v) is 8.39. The summed E-state index contributed by atoms with van der Waals surface area (Å²) in [5.41, 5.74) is 1.25. The normalized spacial score (nSPS) is 11.0. The lowest BCUT2D eigenvalue weighted by Gasteiger charge is -2.22. The van der Waals surface area contributed by atoms with Crippen LogP contribution >= 0.6 is 15.9 Å². The van der Waals surface area contributed by atoms with Crippen LogP contribution < -0.4 is 14.4 Å². The molecule has 0 unspecified atom stereocenters. The molecule has 140 valence electrons. The summed E-state index contributed by atoms with van der Waals surface area (Å²) in [5, 5.41) is 2.75. The van der Waals surface area contributed by atoms with Gasteiger partial charge < -0.3 is 10.1 Å². The number of carbonyl (C=O) groups excluding carboxylic acids is 1. The molecule has 0 aliphatic rings. The summed E-state index contributed by atoms with van der Waals surface area (Å²) in [5.74, 6) is 0.295. The average Bonchev–Trinajstić information content (AvgIpc) is 2.58. The number of nitrogens with one attached hydrogen (secondary N) is 1. The molecular formula is C18H21BrN2O4S. The summed E-state index contributed by atoms with van der Waals surface area (Å²) in [6.45, 7) is 2.37. The fraction of sp³-hybridized carbons (Fsp3) is 0.278. The van der Waals surface area contributed by atoms with E-state index in [1.165, 1.54) is 0 Å². The van der Waals surface area contributed by atoms with Gasteiger partial charge in [-0.25, -0.2) is 8.42 Å². The highest BCUT2D eigenvalue weighted by atomic mass is 79.9. The molecule has 2 aromatic rings. The van der Waals surface area contributed by atoms with E-state index >= 15 is 0 Å².